The zero-order valence-electron chi connectivity index (χ0n) is 11.3. The fraction of sp³-hybridized carbons (Fsp3) is 0.176. The quantitative estimate of drug-likeness (QED) is 0.862. The summed E-state index contributed by atoms with van der Waals surface area (Å²) >= 11 is 6.51. The van der Waals surface area contributed by atoms with E-state index in [1.807, 2.05) is 48.5 Å². The monoisotopic (exact) mass is 299 g/mol. The first-order valence-electron chi connectivity index (χ1n) is 6.84. The fourth-order valence-corrected chi connectivity index (χ4v) is 3.02. The Morgan fingerprint density at radius 3 is 2.48 bits per heavy atom. The van der Waals surface area contributed by atoms with E-state index in [4.69, 9.17) is 11.6 Å². The van der Waals surface area contributed by atoms with Crippen LogP contribution in [0.15, 0.2) is 48.5 Å². The van der Waals surface area contributed by atoms with Crippen molar-refractivity contribution in [3.63, 3.8) is 0 Å². The Hall–Kier alpha value is -2.13. The van der Waals surface area contributed by atoms with Crippen LogP contribution >= 0.6 is 11.6 Å². The van der Waals surface area contributed by atoms with Crippen LogP contribution < -0.4 is 5.32 Å². The Morgan fingerprint density at radius 1 is 1.00 bits per heavy atom. The third-order valence-corrected chi connectivity index (χ3v) is 4.15. The standard InChI is InChI=1S/C17H14ClNO2/c18-16-12(11-5-2-1-3-6-11)7-4-8-13(16)14-9-10-15(20)19-17(14)21/h1-8,14H,9-10H2,(H,19,20,21). The largest absolute Gasteiger partial charge is 0.296 e. The summed E-state index contributed by atoms with van der Waals surface area (Å²) in [6.07, 6.45) is 0.852. The van der Waals surface area contributed by atoms with Gasteiger partial charge in [0.25, 0.3) is 0 Å². The molecule has 1 N–H and O–H groups in total. The van der Waals surface area contributed by atoms with Crippen molar-refractivity contribution in [1.29, 1.82) is 0 Å². The number of carbonyl (C=O) groups is 2. The van der Waals surface area contributed by atoms with Crippen LogP contribution in [-0.2, 0) is 9.59 Å². The molecular formula is C17H14ClNO2. The normalized spacial score (nSPS) is 18.4. The molecule has 21 heavy (non-hydrogen) atoms. The molecule has 0 saturated carbocycles. The van der Waals surface area contributed by atoms with Crippen LogP contribution in [0.5, 0.6) is 0 Å². The van der Waals surface area contributed by atoms with E-state index in [1.54, 1.807) is 0 Å². The third kappa shape index (κ3) is 2.69. The molecule has 0 spiro atoms. The van der Waals surface area contributed by atoms with E-state index < -0.39 is 0 Å². The highest BCUT2D eigenvalue weighted by molar-refractivity contribution is 6.34. The second-order valence-electron chi connectivity index (χ2n) is 5.08. The number of hydrogen-bond acceptors (Lipinski definition) is 2. The predicted molar refractivity (Wildman–Crippen MR) is 82.0 cm³/mol. The topological polar surface area (TPSA) is 46.2 Å². The summed E-state index contributed by atoms with van der Waals surface area (Å²) in [5.74, 6) is -0.844. The summed E-state index contributed by atoms with van der Waals surface area (Å²) < 4.78 is 0. The summed E-state index contributed by atoms with van der Waals surface area (Å²) in [6, 6.07) is 15.5. The molecule has 0 aromatic heterocycles. The first-order chi connectivity index (χ1) is 10.2. The van der Waals surface area contributed by atoms with Crippen LogP contribution in [0.3, 0.4) is 0 Å². The smallest absolute Gasteiger partial charge is 0.234 e. The Kier molecular flexibility index (Phi) is 3.76. The van der Waals surface area contributed by atoms with Crippen molar-refractivity contribution in [1.82, 2.24) is 5.32 Å². The molecule has 1 heterocycles. The predicted octanol–water partition coefficient (Wildman–Crippen LogP) is 3.53. The molecule has 1 fully saturated rings. The molecule has 1 aliphatic heterocycles. The highest BCUT2D eigenvalue weighted by Crippen LogP contribution is 2.36. The van der Waals surface area contributed by atoms with Crippen molar-refractivity contribution in [3.8, 4) is 11.1 Å². The molecular weight excluding hydrogens is 286 g/mol. The minimum Gasteiger partial charge on any atom is -0.296 e. The Bertz CT molecular complexity index is 697. The van der Waals surface area contributed by atoms with Crippen molar-refractivity contribution < 1.29 is 9.59 Å². The number of nitrogens with one attached hydrogen (secondary N) is 1. The number of amides is 2. The molecule has 4 heteroatoms. The average molecular weight is 300 g/mol. The van der Waals surface area contributed by atoms with Crippen molar-refractivity contribution >= 4 is 23.4 Å². The Labute approximate surface area is 127 Å². The van der Waals surface area contributed by atoms with Crippen LogP contribution in [0.2, 0.25) is 5.02 Å². The Balaban J connectivity index is 2.01. The minimum atomic E-state index is -0.362. The summed E-state index contributed by atoms with van der Waals surface area (Å²) in [5.41, 5.74) is 2.69. The molecule has 0 aliphatic carbocycles. The molecule has 2 amide bonds. The molecule has 0 bridgehead atoms. The van der Waals surface area contributed by atoms with E-state index in [9.17, 15) is 9.59 Å². The molecule has 2 aromatic rings. The first-order valence-corrected chi connectivity index (χ1v) is 7.22. The minimum absolute atomic E-state index is 0.216. The molecule has 1 unspecified atom stereocenters. The van der Waals surface area contributed by atoms with Crippen LogP contribution in [0, 0.1) is 0 Å². The maximum Gasteiger partial charge on any atom is 0.234 e. The van der Waals surface area contributed by atoms with E-state index >= 15 is 0 Å². The van der Waals surface area contributed by atoms with Gasteiger partial charge in [-0.25, -0.2) is 0 Å². The molecule has 1 atom stereocenters. The number of hydrogen-bond donors (Lipinski definition) is 1. The van der Waals surface area contributed by atoms with Gasteiger partial charge < -0.3 is 0 Å². The third-order valence-electron chi connectivity index (χ3n) is 3.73. The average Bonchev–Trinajstić information content (AvgIpc) is 2.49. The van der Waals surface area contributed by atoms with E-state index in [2.05, 4.69) is 5.32 Å². The van der Waals surface area contributed by atoms with Crippen molar-refractivity contribution in [2.75, 3.05) is 0 Å². The Morgan fingerprint density at radius 2 is 1.76 bits per heavy atom. The van der Waals surface area contributed by atoms with Gasteiger partial charge in [-0.2, -0.15) is 0 Å². The summed E-state index contributed by atoms with van der Waals surface area (Å²) in [7, 11) is 0. The van der Waals surface area contributed by atoms with Gasteiger partial charge >= 0.3 is 0 Å². The van der Waals surface area contributed by atoms with Gasteiger partial charge in [0.1, 0.15) is 0 Å². The summed E-state index contributed by atoms with van der Waals surface area (Å²) in [6.45, 7) is 0. The van der Waals surface area contributed by atoms with Crippen LogP contribution in [0.25, 0.3) is 11.1 Å². The molecule has 3 nitrogen and oxygen atoms in total. The van der Waals surface area contributed by atoms with Gasteiger partial charge in [-0.05, 0) is 17.5 Å². The molecule has 106 valence electrons. The van der Waals surface area contributed by atoms with Gasteiger partial charge in [0.2, 0.25) is 11.8 Å². The number of carbonyl (C=O) groups excluding carboxylic acids is 2. The van der Waals surface area contributed by atoms with E-state index in [-0.39, 0.29) is 17.7 Å². The van der Waals surface area contributed by atoms with Crippen molar-refractivity contribution in [2.24, 2.45) is 0 Å². The van der Waals surface area contributed by atoms with Gasteiger partial charge in [0.05, 0.1) is 10.9 Å². The molecule has 1 saturated heterocycles. The molecule has 0 radical (unpaired) electrons. The lowest BCUT2D eigenvalue weighted by Gasteiger charge is -2.23. The van der Waals surface area contributed by atoms with Crippen LogP contribution in [0.1, 0.15) is 24.3 Å². The number of halogens is 1. The second-order valence-corrected chi connectivity index (χ2v) is 5.46. The summed E-state index contributed by atoms with van der Waals surface area (Å²) in [5, 5.41) is 2.96. The van der Waals surface area contributed by atoms with Gasteiger partial charge in [-0.15, -0.1) is 0 Å². The SMILES string of the molecule is O=C1CCC(c2cccc(-c3ccccc3)c2Cl)C(=O)N1. The van der Waals surface area contributed by atoms with E-state index in [0.29, 0.717) is 17.9 Å². The van der Waals surface area contributed by atoms with E-state index in [1.165, 1.54) is 0 Å². The van der Waals surface area contributed by atoms with Crippen LogP contribution in [-0.4, -0.2) is 11.8 Å². The molecule has 3 rings (SSSR count). The first kappa shape index (κ1) is 13.8. The maximum atomic E-state index is 12.0. The second kappa shape index (κ2) is 5.70. The number of piperidine rings is 1. The number of imide groups is 1. The number of rotatable bonds is 2. The van der Waals surface area contributed by atoms with Crippen molar-refractivity contribution in [3.05, 3.63) is 59.1 Å². The van der Waals surface area contributed by atoms with Gasteiger partial charge in [-0.3, -0.25) is 14.9 Å². The number of benzene rings is 2. The van der Waals surface area contributed by atoms with E-state index in [0.717, 1.165) is 16.7 Å². The van der Waals surface area contributed by atoms with Gasteiger partial charge in [-0.1, -0.05) is 60.1 Å². The fourth-order valence-electron chi connectivity index (χ4n) is 2.65. The lowest BCUT2D eigenvalue weighted by molar-refractivity contribution is -0.134. The highest BCUT2D eigenvalue weighted by atomic mass is 35.5. The van der Waals surface area contributed by atoms with Gasteiger partial charge in [0.15, 0.2) is 0 Å². The maximum absolute atomic E-state index is 12.0. The van der Waals surface area contributed by atoms with Crippen LogP contribution in [0.4, 0.5) is 0 Å². The zero-order valence-corrected chi connectivity index (χ0v) is 12.1. The summed E-state index contributed by atoms with van der Waals surface area (Å²) in [4.78, 5) is 23.3. The van der Waals surface area contributed by atoms with Gasteiger partial charge in [0, 0.05) is 12.0 Å². The van der Waals surface area contributed by atoms with Crippen molar-refractivity contribution in [2.45, 2.75) is 18.8 Å². The molecule has 1 aliphatic rings. The highest BCUT2D eigenvalue weighted by Gasteiger charge is 2.29. The lowest BCUT2D eigenvalue weighted by Crippen LogP contribution is -2.39. The molecule has 2 aromatic carbocycles. The zero-order chi connectivity index (χ0) is 14.8. The lowest BCUT2D eigenvalue weighted by atomic mass is 9.88.